The van der Waals surface area contributed by atoms with E-state index in [4.69, 9.17) is 5.73 Å². The van der Waals surface area contributed by atoms with Gasteiger partial charge >= 0.3 is 6.36 Å². The molecule has 3 nitrogen and oxygen atoms in total. The number of alkyl halides is 3. The van der Waals surface area contributed by atoms with Crippen LogP contribution in [0.15, 0.2) is 18.2 Å². The molecule has 6 heteroatoms. The Hall–Kier alpha value is -1.59. The molecule has 0 aliphatic rings. The SMILES string of the molecule is CN(C)c1ccc(OC(F)(F)F)cc1N. The Morgan fingerprint density at radius 1 is 1.27 bits per heavy atom. The molecule has 0 atom stereocenters. The van der Waals surface area contributed by atoms with Crippen molar-refractivity contribution in [2.24, 2.45) is 0 Å². The summed E-state index contributed by atoms with van der Waals surface area (Å²) in [6.45, 7) is 0. The second kappa shape index (κ2) is 3.88. The highest BCUT2D eigenvalue weighted by Gasteiger charge is 2.31. The number of anilines is 2. The number of ether oxygens (including phenoxy) is 1. The van der Waals surface area contributed by atoms with Gasteiger partial charge in [0.25, 0.3) is 0 Å². The summed E-state index contributed by atoms with van der Waals surface area (Å²) in [7, 11) is 3.49. The van der Waals surface area contributed by atoms with E-state index in [1.165, 1.54) is 12.1 Å². The van der Waals surface area contributed by atoms with E-state index in [-0.39, 0.29) is 11.4 Å². The van der Waals surface area contributed by atoms with Crippen LogP contribution in [0.4, 0.5) is 24.5 Å². The van der Waals surface area contributed by atoms with Crippen LogP contribution >= 0.6 is 0 Å². The van der Waals surface area contributed by atoms with E-state index >= 15 is 0 Å². The van der Waals surface area contributed by atoms with E-state index < -0.39 is 6.36 Å². The van der Waals surface area contributed by atoms with Crippen LogP contribution in [0.25, 0.3) is 0 Å². The number of nitrogen functional groups attached to an aromatic ring is 1. The quantitative estimate of drug-likeness (QED) is 0.777. The molecule has 84 valence electrons. The molecule has 0 spiro atoms. The van der Waals surface area contributed by atoms with Crippen LogP contribution in [-0.4, -0.2) is 20.5 Å². The molecule has 0 amide bonds. The molecule has 0 aromatic heterocycles. The van der Waals surface area contributed by atoms with E-state index in [0.717, 1.165) is 6.07 Å². The summed E-state index contributed by atoms with van der Waals surface area (Å²) in [6, 6.07) is 3.83. The zero-order chi connectivity index (χ0) is 11.6. The summed E-state index contributed by atoms with van der Waals surface area (Å²) >= 11 is 0. The van der Waals surface area contributed by atoms with Gasteiger partial charge in [0.05, 0.1) is 11.4 Å². The summed E-state index contributed by atoms with van der Waals surface area (Å²) in [5, 5.41) is 0. The van der Waals surface area contributed by atoms with Gasteiger partial charge in [0.15, 0.2) is 0 Å². The smallest absolute Gasteiger partial charge is 0.406 e. The van der Waals surface area contributed by atoms with Gasteiger partial charge in [-0.15, -0.1) is 13.2 Å². The Balaban J connectivity index is 2.92. The zero-order valence-electron chi connectivity index (χ0n) is 8.30. The van der Waals surface area contributed by atoms with E-state index in [2.05, 4.69) is 4.74 Å². The standard InChI is InChI=1S/C9H11F3N2O/c1-14(2)8-4-3-6(5-7(8)13)15-9(10,11)12/h3-5H,13H2,1-2H3. The van der Waals surface area contributed by atoms with Crippen molar-refractivity contribution in [2.75, 3.05) is 24.7 Å². The van der Waals surface area contributed by atoms with Crippen molar-refractivity contribution in [2.45, 2.75) is 6.36 Å². The van der Waals surface area contributed by atoms with Gasteiger partial charge in [-0.1, -0.05) is 0 Å². The maximum atomic E-state index is 11.9. The first-order valence-corrected chi connectivity index (χ1v) is 4.12. The van der Waals surface area contributed by atoms with E-state index in [0.29, 0.717) is 5.69 Å². The maximum absolute atomic E-state index is 11.9. The number of nitrogens with zero attached hydrogens (tertiary/aromatic N) is 1. The molecule has 0 saturated heterocycles. The molecule has 0 fully saturated rings. The Kier molecular flexibility index (Phi) is 2.97. The number of nitrogens with two attached hydrogens (primary N) is 1. The molecule has 0 aliphatic carbocycles. The second-order valence-electron chi connectivity index (χ2n) is 3.16. The molecule has 15 heavy (non-hydrogen) atoms. The highest BCUT2D eigenvalue weighted by Crippen LogP contribution is 2.29. The van der Waals surface area contributed by atoms with Crippen molar-refractivity contribution in [3.05, 3.63) is 18.2 Å². The monoisotopic (exact) mass is 220 g/mol. The minimum absolute atomic E-state index is 0.238. The molecule has 1 aromatic rings. The minimum atomic E-state index is -4.69. The van der Waals surface area contributed by atoms with E-state index in [1.807, 2.05) is 0 Å². The third-order valence-corrected chi connectivity index (χ3v) is 1.71. The fraction of sp³-hybridized carbons (Fsp3) is 0.333. The summed E-state index contributed by atoms with van der Waals surface area (Å²) in [6.07, 6.45) is -4.69. The van der Waals surface area contributed by atoms with Crippen LogP contribution in [0.5, 0.6) is 5.75 Å². The Morgan fingerprint density at radius 2 is 1.87 bits per heavy atom. The minimum Gasteiger partial charge on any atom is -0.406 e. The highest BCUT2D eigenvalue weighted by atomic mass is 19.4. The molecule has 0 unspecified atom stereocenters. The fourth-order valence-electron chi connectivity index (χ4n) is 1.14. The Labute approximate surface area is 85.2 Å². The van der Waals surface area contributed by atoms with Crippen molar-refractivity contribution in [3.8, 4) is 5.75 Å². The van der Waals surface area contributed by atoms with Crippen molar-refractivity contribution in [3.63, 3.8) is 0 Å². The van der Waals surface area contributed by atoms with Gasteiger partial charge in [-0.3, -0.25) is 0 Å². The second-order valence-corrected chi connectivity index (χ2v) is 3.16. The summed E-state index contributed by atoms with van der Waals surface area (Å²) in [5.74, 6) is -0.314. The normalized spacial score (nSPS) is 11.3. The number of hydrogen-bond acceptors (Lipinski definition) is 3. The van der Waals surface area contributed by atoms with E-state index in [9.17, 15) is 13.2 Å². The van der Waals surface area contributed by atoms with Crippen LogP contribution in [0.3, 0.4) is 0 Å². The van der Waals surface area contributed by atoms with Gasteiger partial charge in [0.1, 0.15) is 5.75 Å². The van der Waals surface area contributed by atoms with Gasteiger partial charge in [-0.2, -0.15) is 0 Å². The lowest BCUT2D eigenvalue weighted by Crippen LogP contribution is -2.17. The molecule has 0 bridgehead atoms. The summed E-state index contributed by atoms with van der Waals surface area (Å²) < 4.78 is 39.3. The molecule has 1 aromatic carbocycles. The zero-order valence-corrected chi connectivity index (χ0v) is 8.30. The maximum Gasteiger partial charge on any atom is 0.573 e. The molecule has 0 radical (unpaired) electrons. The number of rotatable bonds is 2. The van der Waals surface area contributed by atoms with Gasteiger partial charge < -0.3 is 15.4 Å². The lowest BCUT2D eigenvalue weighted by atomic mass is 10.2. The molecule has 0 heterocycles. The molecule has 2 N–H and O–H groups in total. The summed E-state index contributed by atoms with van der Waals surface area (Å²) in [4.78, 5) is 1.70. The van der Waals surface area contributed by atoms with Crippen LogP contribution < -0.4 is 15.4 Å². The Bertz CT molecular complexity index is 350. The third kappa shape index (κ3) is 3.23. The fourth-order valence-corrected chi connectivity index (χ4v) is 1.14. The van der Waals surface area contributed by atoms with Crippen LogP contribution in [-0.2, 0) is 0 Å². The molecular weight excluding hydrogens is 209 g/mol. The average Bonchev–Trinajstić information content (AvgIpc) is 1.99. The molecule has 0 saturated carbocycles. The van der Waals surface area contributed by atoms with Crippen molar-refractivity contribution in [1.82, 2.24) is 0 Å². The van der Waals surface area contributed by atoms with Crippen LogP contribution in [0.1, 0.15) is 0 Å². The first-order chi connectivity index (χ1) is 6.79. The van der Waals surface area contributed by atoms with Crippen LogP contribution in [0, 0.1) is 0 Å². The lowest BCUT2D eigenvalue weighted by Gasteiger charge is -2.16. The first kappa shape index (κ1) is 11.5. The highest BCUT2D eigenvalue weighted by molar-refractivity contribution is 5.68. The number of hydrogen-bond donors (Lipinski definition) is 1. The van der Waals surface area contributed by atoms with Crippen molar-refractivity contribution < 1.29 is 17.9 Å². The predicted molar refractivity (Wildman–Crippen MR) is 51.9 cm³/mol. The Morgan fingerprint density at radius 3 is 2.27 bits per heavy atom. The van der Waals surface area contributed by atoms with Gasteiger partial charge in [-0.25, -0.2) is 0 Å². The largest absolute Gasteiger partial charge is 0.573 e. The number of benzene rings is 1. The number of halogens is 3. The van der Waals surface area contributed by atoms with Crippen molar-refractivity contribution in [1.29, 1.82) is 0 Å². The average molecular weight is 220 g/mol. The van der Waals surface area contributed by atoms with Gasteiger partial charge in [0, 0.05) is 20.2 Å². The van der Waals surface area contributed by atoms with Gasteiger partial charge in [0.2, 0.25) is 0 Å². The molecule has 0 aliphatic heterocycles. The molecular formula is C9H11F3N2O. The first-order valence-electron chi connectivity index (χ1n) is 4.12. The van der Waals surface area contributed by atoms with Gasteiger partial charge in [-0.05, 0) is 12.1 Å². The topological polar surface area (TPSA) is 38.5 Å². The predicted octanol–water partition coefficient (Wildman–Crippen LogP) is 2.23. The van der Waals surface area contributed by atoms with Crippen molar-refractivity contribution >= 4 is 11.4 Å². The summed E-state index contributed by atoms with van der Waals surface area (Å²) in [5.41, 5.74) is 6.43. The molecule has 1 rings (SSSR count). The third-order valence-electron chi connectivity index (χ3n) is 1.71. The van der Waals surface area contributed by atoms with Crippen LogP contribution in [0.2, 0.25) is 0 Å². The van der Waals surface area contributed by atoms with E-state index in [1.54, 1.807) is 19.0 Å². The lowest BCUT2D eigenvalue weighted by molar-refractivity contribution is -0.274.